The molecule has 2 N–H and O–H groups in total. The molecule has 0 aromatic carbocycles. The highest BCUT2D eigenvalue weighted by molar-refractivity contribution is 5.85. The first-order valence-electron chi connectivity index (χ1n) is 5.15. The van der Waals surface area contributed by atoms with Crippen LogP contribution in [0.3, 0.4) is 0 Å². The van der Waals surface area contributed by atoms with E-state index in [-0.39, 0.29) is 18.4 Å². The van der Waals surface area contributed by atoms with Crippen molar-refractivity contribution in [2.45, 2.75) is 38.6 Å². The molecular formula is C11H18ClNO. The zero-order valence-corrected chi connectivity index (χ0v) is 9.35. The summed E-state index contributed by atoms with van der Waals surface area (Å²) in [5, 5.41) is 0. The lowest BCUT2D eigenvalue weighted by Crippen LogP contribution is -2.26. The van der Waals surface area contributed by atoms with Gasteiger partial charge in [0.1, 0.15) is 11.5 Å². The van der Waals surface area contributed by atoms with Crippen LogP contribution in [0.2, 0.25) is 0 Å². The SMILES string of the molecule is CCc1ccc([C@H](N)C2CCC2)o1.Cl. The lowest BCUT2D eigenvalue weighted by molar-refractivity contribution is 0.239. The van der Waals surface area contributed by atoms with Gasteiger partial charge in [0.25, 0.3) is 0 Å². The zero-order valence-electron chi connectivity index (χ0n) is 8.53. The molecule has 0 aliphatic heterocycles. The van der Waals surface area contributed by atoms with E-state index in [1.165, 1.54) is 19.3 Å². The number of hydrogen-bond acceptors (Lipinski definition) is 2. The highest BCUT2D eigenvalue weighted by Crippen LogP contribution is 2.36. The van der Waals surface area contributed by atoms with Gasteiger partial charge in [0.05, 0.1) is 6.04 Å². The molecule has 1 aromatic heterocycles. The Hall–Kier alpha value is -0.470. The molecule has 0 bridgehead atoms. The van der Waals surface area contributed by atoms with Gasteiger partial charge in [0.15, 0.2) is 0 Å². The second-order valence-corrected chi connectivity index (χ2v) is 3.87. The van der Waals surface area contributed by atoms with Crippen molar-refractivity contribution < 1.29 is 4.42 Å². The third-order valence-corrected chi connectivity index (χ3v) is 3.02. The molecule has 0 saturated heterocycles. The Labute approximate surface area is 91.3 Å². The summed E-state index contributed by atoms with van der Waals surface area (Å²) < 4.78 is 5.63. The van der Waals surface area contributed by atoms with Gasteiger partial charge in [-0.25, -0.2) is 0 Å². The Morgan fingerprint density at radius 2 is 2.21 bits per heavy atom. The van der Waals surface area contributed by atoms with Crippen molar-refractivity contribution in [1.29, 1.82) is 0 Å². The fourth-order valence-electron chi connectivity index (χ4n) is 1.79. The predicted octanol–water partition coefficient (Wildman–Crippen LogP) is 3.06. The van der Waals surface area contributed by atoms with E-state index in [1.54, 1.807) is 0 Å². The van der Waals surface area contributed by atoms with E-state index >= 15 is 0 Å². The molecule has 14 heavy (non-hydrogen) atoms. The highest BCUT2D eigenvalue weighted by atomic mass is 35.5. The van der Waals surface area contributed by atoms with Crippen LogP contribution < -0.4 is 5.73 Å². The van der Waals surface area contributed by atoms with Crippen LogP contribution in [0.15, 0.2) is 16.5 Å². The van der Waals surface area contributed by atoms with Crippen molar-refractivity contribution in [2.24, 2.45) is 11.7 Å². The number of halogens is 1. The second-order valence-electron chi connectivity index (χ2n) is 3.87. The third kappa shape index (κ3) is 2.12. The van der Waals surface area contributed by atoms with Crippen molar-refractivity contribution >= 4 is 12.4 Å². The van der Waals surface area contributed by atoms with E-state index in [0.29, 0.717) is 5.92 Å². The minimum atomic E-state index is 0. The Balaban J connectivity index is 0.000000980. The quantitative estimate of drug-likeness (QED) is 0.842. The number of nitrogens with two attached hydrogens (primary N) is 1. The number of rotatable bonds is 3. The zero-order chi connectivity index (χ0) is 9.26. The van der Waals surface area contributed by atoms with Crippen LogP contribution in [0, 0.1) is 5.92 Å². The molecule has 1 saturated carbocycles. The molecule has 2 nitrogen and oxygen atoms in total. The maximum absolute atomic E-state index is 6.07. The molecule has 1 aliphatic rings. The topological polar surface area (TPSA) is 39.2 Å². The van der Waals surface area contributed by atoms with Crippen molar-refractivity contribution in [2.75, 3.05) is 0 Å². The van der Waals surface area contributed by atoms with E-state index < -0.39 is 0 Å². The molecule has 0 spiro atoms. The van der Waals surface area contributed by atoms with Crippen LogP contribution in [-0.4, -0.2) is 0 Å². The van der Waals surface area contributed by atoms with Crippen LogP contribution in [0.5, 0.6) is 0 Å². The molecule has 1 aromatic rings. The molecule has 1 atom stereocenters. The smallest absolute Gasteiger partial charge is 0.121 e. The lowest BCUT2D eigenvalue weighted by Gasteiger charge is -2.29. The molecule has 0 amide bonds. The van der Waals surface area contributed by atoms with Gasteiger partial charge in [-0.15, -0.1) is 12.4 Å². The fourth-order valence-corrected chi connectivity index (χ4v) is 1.79. The van der Waals surface area contributed by atoms with Gasteiger partial charge in [-0.3, -0.25) is 0 Å². The summed E-state index contributed by atoms with van der Waals surface area (Å²) in [5.41, 5.74) is 6.07. The summed E-state index contributed by atoms with van der Waals surface area (Å²) in [6, 6.07) is 4.20. The average molecular weight is 216 g/mol. The number of furan rings is 1. The Morgan fingerprint density at radius 3 is 2.64 bits per heavy atom. The van der Waals surface area contributed by atoms with Gasteiger partial charge in [0, 0.05) is 6.42 Å². The van der Waals surface area contributed by atoms with Crippen LogP contribution in [-0.2, 0) is 6.42 Å². The van der Waals surface area contributed by atoms with E-state index in [9.17, 15) is 0 Å². The molecule has 1 aliphatic carbocycles. The maximum atomic E-state index is 6.07. The molecule has 1 fully saturated rings. The van der Waals surface area contributed by atoms with Gasteiger partial charge in [-0.05, 0) is 30.9 Å². The normalized spacial score (nSPS) is 18.4. The molecule has 80 valence electrons. The van der Waals surface area contributed by atoms with Crippen LogP contribution in [0.1, 0.15) is 43.7 Å². The van der Waals surface area contributed by atoms with Crippen molar-refractivity contribution in [1.82, 2.24) is 0 Å². The largest absolute Gasteiger partial charge is 0.464 e. The summed E-state index contributed by atoms with van der Waals surface area (Å²) in [7, 11) is 0. The van der Waals surface area contributed by atoms with Crippen LogP contribution in [0.4, 0.5) is 0 Å². The first kappa shape index (κ1) is 11.6. The van der Waals surface area contributed by atoms with Crippen molar-refractivity contribution in [3.05, 3.63) is 23.7 Å². The average Bonchev–Trinajstić information content (AvgIpc) is 2.48. The van der Waals surface area contributed by atoms with Gasteiger partial charge in [-0.2, -0.15) is 0 Å². The van der Waals surface area contributed by atoms with E-state index in [1.807, 2.05) is 12.1 Å². The first-order valence-corrected chi connectivity index (χ1v) is 5.15. The van der Waals surface area contributed by atoms with Crippen molar-refractivity contribution in [3.63, 3.8) is 0 Å². The van der Waals surface area contributed by atoms with E-state index in [2.05, 4.69) is 6.92 Å². The predicted molar refractivity (Wildman–Crippen MR) is 59.6 cm³/mol. The molecule has 2 rings (SSSR count). The van der Waals surface area contributed by atoms with Gasteiger partial charge in [0.2, 0.25) is 0 Å². The summed E-state index contributed by atoms with van der Waals surface area (Å²) >= 11 is 0. The molecule has 0 unspecified atom stereocenters. The summed E-state index contributed by atoms with van der Waals surface area (Å²) in [6.07, 6.45) is 4.82. The first-order chi connectivity index (χ1) is 6.31. The molecule has 0 radical (unpaired) electrons. The molecular weight excluding hydrogens is 198 g/mol. The maximum Gasteiger partial charge on any atom is 0.121 e. The third-order valence-electron chi connectivity index (χ3n) is 3.02. The van der Waals surface area contributed by atoms with Gasteiger partial charge < -0.3 is 10.2 Å². The van der Waals surface area contributed by atoms with Gasteiger partial charge >= 0.3 is 0 Å². The summed E-state index contributed by atoms with van der Waals surface area (Å²) in [4.78, 5) is 0. The van der Waals surface area contributed by atoms with Crippen LogP contribution in [0.25, 0.3) is 0 Å². The minimum absolute atomic E-state index is 0. The highest BCUT2D eigenvalue weighted by Gasteiger charge is 2.27. The minimum Gasteiger partial charge on any atom is -0.464 e. The van der Waals surface area contributed by atoms with E-state index in [0.717, 1.165) is 17.9 Å². The Morgan fingerprint density at radius 1 is 1.50 bits per heavy atom. The van der Waals surface area contributed by atoms with Crippen LogP contribution >= 0.6 is 12.4 Å². The Bertz CT molecular complexity index is 281. The van der Waals surface area contributed by atoms with Crippen molar-refractivity contribution in [3.8, 4) is 0 Å². The number of hydrogen-bond donors (Lipinski definition) is 1. The second kappa shape index (κ2) is 4.85. The summed E-state index contributed by atoms with van der Waals surface area (Å²) in [6.45, 7) is 2.09. The lowest BCUT2D eigenvalue weighted by atomic mass is 9.79. The summed E-state index contributed by atoms with van der Waals surface area (Å²) in [5.74, 6) is 2.68. The Kier molecular flexibility index (Phi) is 4.02. The van der Waals surface area contributed by atoms with Gasteiger partial charge in [-0.1, -0.05) is 13.3 Å². The number of aryl methyl sites for hydroxylation is 1. The monoisotopic (exact) mass is 215 g/mol. The fraction of sp³-hybridized carbons (Fsp3) is 0.636. The molecule has 1 heterocycles. The standard InChI is InChI=1S/C11H17NO.ClH/c1-2-9-6-7-10(13-9)11(12)8-4-3-5-8;/h6-8,11H,2-5,12H2,1H3;1H/t11-;/m1./s1. The molecule has 3 heteroatoms. The van der Waals surface area contributed by atoms with E-state index in [4.69, 9.17) is 10.2 Å².